The maximum absolute atomic E-state index is 13.5. The Balaban J connectivity index is 1.58. The third-order valence-electron chi connectivity index (χ3n) is 5.51. The van der Waals surface area contributed by atoms with Gasteiger partial charge in [-0.15, -0.1) is 4.83 Å². The molecule has 0 aromatic heterocycles. The van der Waals surface area contributed by atoms with Crippen molar-refractivity contribution in [2.75, 3.05) is 6.54 Å². The van der Waals surface area contributed by atoms with Crippen LogP contribution in [0.5, 0.6) is 0 Å². The Morgan fingerprint density at radius 1 is 0.970 bits per heavy atom. The van der Waals surface area contributed by atoms with Crippen molar-refractivity contribution in [1.29, 1.82) is 0 Å². The number of hydrazine groups is 1. The van der Waals surface area contributed by atoms with Gasteiger partial charge in [0.1, 0.15) is 6.04 Å². The number of sulfonamides is 2. The molecule has 0 unspecified atom stereocenters. The van der Waals surface area contributed by atoms with Gasteiger partial charge in [0.15, 0.2) is 0 Å². The van der Waals surface area contributed by atoms with Gasteiger partial charge >= 0.3 is 0 Å². The lowest BCUT2D eigenvalue weighted by molar-refractivity contribution is -0.124. The first-order valence-electron chi connectivity index (χ1n) is 10.2. The summed E-state index contributed by atoms with van der Waals surface area (Å²) >= 11 is 4.39. The maximum atomic E-state index is 13.5. The van der Waals surface area contributed by atoms with Crippen LogP contribution in [0.3, 0.4) is 0 Å². The number of nitrogens with zero attached hydrogens (tertiary/aromatic N) is 1. The van der Waals surface area contributed by atoms with Gasteiger partial charge < -0.3 is 0 Å². The van der Waals surface area contributed by atoms with E-state index in [2.05, 4.69) is 22.9 Å². The molecule has 0 radical (unpaired) electrons. The van der Waals surface area contributed by atoms with Crippen molar-refractivity contribution in [3.8, 4) is 0 Å². The fourth-order valence-corrected chi connectivity index (χ4v) is 7.01. The van der Waals surface area contributed by atoms with Crippen LogP contribution in [0.4, 0.5) is 0 Å². The lowest BCUT2D eigenvalue weighted by Gasteiger charge is -2.24. The van der Waals surface area contributed by atoms with Crippen molar-refractivity contribution in [2.45, 2.75) is 34.4 Å². The zero-order valence-electron chi connectivity index (χ0n) is 17.7. The van der Waals surface area contributed by atoms with Crippen LogP contribution in [-0.2, 0) is 24.8 Å². The first kappa shape index (κ1) is 23.7. The molecule has 1 fully saturated rings. The highest BCUT2D eigenvalue weighted by Crippen LogP contribution is 2.32. The van der Waals surface area contributed by atoms with Crippen LogP contribution in [0.15, 0.2) is 76.5 Å². The molecule has 174 valence electrons. The number of fused-ring (bicyclic) bond motifs is 1. The number of amides is 1. The Labute approximate surface area is 198 Å². The van der Waals surface area contributed by atoms with E-state index in [4.69, 9.17) is 0 Å². The van der Waals surface area contributed by atoms with Crippen molar-refractivity contribution in [3.05, 3.63) is 72.3 Å². The van der Waals surface area contributed by atoms with Crippen molar-refractivity contribution in [3.63, 3.8) is 0 Å². The summed E-state index contributed by atoms with van der Waals surface area (Å²) in [6, 6.07) is 17.0. The Morgan fingerprint density at radius 3 is 2.36 bits per heavy atom. The molecule has 3 aromatic rings. The van der Waals surface area contributed by atoms with E-state index in [-0.39, 0.29) is 28.0 Å². The lowest BCUT2D eigenvalue weighted by atomic mass is 10.1. The van der Waals surface area contributed by atoms with Gasteiger partial charge in [-0.2, -0.15) is 16.9 Å². The highest BCUT2D eigenvalue weighted by molar-refractivity contribution is 7.89. The topological polar surface area (TPSA) is 113 Å². The van der Waals surface area contributed by atoms with Gasteiger partial charge in [-0.1, -0.05) is 54.1 Å². The third kappa shape index (κ3) is 4.78. The Kier molecular flexibility index (Phi) is 6.52. The number of aryl methyl sites for hydroxylation is 1. The molecule has 0 spiro atoms. The number of nitrogens with one attached hydrogen (secondary N) is 2. The molecule has 1 saturated heterocycles. The molecule has 3 aromatic carbocycles. The molecular weight excluding hydrogens is 482 g/mol. The number of hydrogen-bond donors (Lipinski definition) is 3. The monoisotopic (exact) mass is 505 g/mol. The molecule has 2 N–H and O–H groups in total. The van der Waals surface area contributed by atoms with Crippen molar-refractivity contribution in [2.24, 2.45) is 0 Å². The van der Waals surface area contributed by atoms with E-state index in [1.807, 2.05) is 25.1 Å². The summed E-state index contributed by atoms with van der Waals surface area (Å²) in [6.07, 6.45) is 0.144. The molecular formula is C22H23N3O5S3. The molecule has 1 heterocycles. The predicted octanol–water partition coefficient (Wildman–Crippen LogP) is 2.22. The van der Waals surface area contributed by atoms with Gasteiger partial charge in [0, 0.05) is 17.2 Å². The zero-order valence-corrected chi connectivity index (χ0v) is 20.2. The minimum Gasteiger partial charge on any atom is -0.276 e. The van der Waals surface area contributed by atoms with E-state index < -0.39 is 32.0 Å². The van der Waals surface area contributed by atoms with E-state index in [0.29, 0.717) is 5.39 Å². The van der Waals surface area contributed by atoms with E-state index in [0.717, 1.165) is 15.3 Å². The van der Waals surface area contributed by atoms with Crippen LogP contribution < -0.4 is 10.3 Å². The average Bonchev–Trinajstić information content (AvgIpc) is 3.20. The molecule has 1 aliphatic rings. The SMILES string of the molecule is Cc1ccc(S(=O)(=O)NNC(=O)[C@@H]2C[C@@H](S)CN2S(=O)(=O)c2cccc3ccccc23)cc1. The van der Waals surface area contributed by atoms with Crippen molar-refractivity contribution >= 4 is 49.4 Å². The van der Waals surface area contributed by atoms with E-state index in [1.165, 1.54) is 18.2 Å². The van der Waals surface area contributed by atoms with Gasteiger partial charge in [-0.25, -0.2) is 16.8 Å². The summed E-state index contributed by atoms with van der Waals surface area (Å²) in [6.45, 7) is 1.85. The van der Waals surface area contributed by atoms with Crippen LogP contribution in [0.1, 0.15) is 12.0 Å². The summed E-state index contributed by atoms with van der Waals surface area (Å²) in [4.78, 5) is 15.0. The van der Waals surface area contributed by atoms with Gasteiger partial charge in [-0.05, 0) is 36.9 Å². The van der Waals surface area contributed by atoms with Gasteiger partial charge in [0.2, 0.25) is 10.0 Å². The fourth-order valence-electron chi connectivity index (χ4n) is 3.81. The van der Waals surface area contributed by atoms with Crippen molar-refractivity contribution in [1.82, 2.24) is 14.6 Å². The molecule has 0 aliphatic carbocycles. The van der Waals surface area contributed by atoms with Crippen LogP contribution in [0, 0.1) is 6.92 Å². The summed E-state index contributed by atoms with van der Waals surface area (Å²) < 4.78 is 53.2. The van der Waals surface area contributed by atoms with Crippen LogP contribution in [0.2, 0.25) is 0 Å². The standard InChI is InChI=1S/C22H23N3O5S3/c1-15-9-11-18(12-10-15)32(27,28)24-23-22(26)20-13-17(31)14-25(20)33(29,30)21-8-4-6-16-5-2-3-7-19(16)21/h2-12,17,20,24,31H,13-14H2,1H3,(H,23,26)/t17-,20+/m1/s1. The summed E-state index contributed by atoms with van der Waals surface area (Å²) in [5.41, 5.74) is 3.06. The first-order chi connectivity index (χ1) is 15.6. The number of carbonyl (C=O) groups is 1. The molecule has 1 amide bonds. The molecule has 11 heteroatoms. The van der Waals surface area contributed by atoms with Crippen LogP contribution in [-0.4, -0.2) is 44.9 Å². The molecule has 0 bridgehead atoms. The maximum Gasteiger partial charge on any atom is 0.257 e. The quantitative estimate of drug-likeness (QED) is 0.351. The van der Waals surface area contributed by atoms with Crippen molar-refractivity contribution < 1.29 is 21.6 Å². The van der Waals surface area contributed by atoms with Gasteiger partial charge in [-0.3, -0.25) is 10.2 Å². The summed E-state index contributed by atoms with van der Waals surface area (Å²) in [7, 11) is -8.07. The predicted molar refractivity (Wildman–Crippen MR) is 129 cm³/mol. The normalized spacial score (nSPS) is 19.6. The van der Waals surface area contributed by atoms with Gasteiger partial charge in [0.25, 0.3) is 15.9 Å². The van der Waals surface area contributed by atoms with Crippen LogP contribution in [0.25, 0.3) is 10.8 Å². The second kappa shape index (κ2) is 9.07. The first-order valence-corrected chi connectivity index (χ1v) is 13.6. The Hall–Kier alpha value is -2.44. The van der Waals surface area contributed by atoms with E-state index in [1.54, 1.807) is 30.3 Å². The number of benzene rings is 3. The number of carbonyl (C=O) groups excluding carboxylic acids is 1. The zero-order chi connectivity index (χ0) is 23.8. The molecule has 4 rings (SSSR count). The van der Waals surface area contributed by atoms with Crippen LogP contribution >= 0.6 is 12.6 Å². The minimum atomic E-state index is -4.06. The fraction of sp³-hybridized carbons (Fsp3) is 0.227. The second-order valence-electron chi connectivity index (χ2n) is 7.87. The molecule has 0 saturated carbocycles. The Bertz CT molecular complexity index is 1400. The highest BCUT2D eigenvalue weighted by Gasteiger charge is 2.43. The largest absolute Gasteiger partial charge is 0.276 e. The Morgan fingerprint density at radius 2 is 1.64 bits per heavy atom. The van der Waals surface area contributed by atoms with Gasteiger partial charge in [0.05, 0.1) is 9.79 Å². The minimum absolute atomic E-state index is 0.0212. The average molecular weight is 506 g/mol. The smallest absolute Gasteiger partial charge is 0.257 e. The lowest BCUT2D eigenvalue weighted by Crippen LogP contribution is -2.51. The molecule has 8 nitrogen and oxygen atoms in total. The molecule has 2 atom stereocenters. The second-order valence-corrected chi connectivity index (χ2v) is 12.1. The molecule has 1 aliphatic heterocycles. The number of hydrogen-bond acceptors (Lipinski definition) is 6. The molecule has 33 heavy (non-hydrogen) atoms. The number of thiol groups is 1. The summed E-state index contributed by atoms with van der Waals surface area (Å²) in [5, 5.41) is 0.924. The number of rotatable bonds is 6. The summed E-state index contributed by atoms with van der Waals surface area (Å²) in [5.74, 6) is -0.772. The third-order valence-corrected chi connectivity index (χ3v) is 9.08. The highest BCUT2D eigenvalue weighted by atomic mass is 32.2. The van der Waals surface area contributed by atoms with E-state index in [9.17, 15) is 21.6 Å². The van der Waals surface area contributed by atoms with E-state index >= 15 is 0 Å².